The average Bonchev–Trinajstić information content (AvgIpc) is 1.54. The summed E-state index contributed by atoms with van der Waals surface area (Å²) < 4.78 is 20.7. The van der Waals surface area contributed by atoms with Gasteiger partial charge in [0.2, 0.25) is 6.33 Å². The number of piperidine rings is 5. The molecule has 10 unspecified atom stereocenters. The van der Waals surface area contributed by atoms with E-state index in [0.29, 0.717) is 48.0 Å². The van der Waals surface area contributed by atoms with Gasteiger partial charge >= 0.3 is 0 Å². The molecule has 15 nitrogen and oxygen atoms in total. The van der Waals surface area contributed by atoms with Crippen LogP contribution in [0.4, 0.5) is 0 Å². The Balaban J connectivity index is 0.000000148. The van der Waals surface area contributed by atoms with Crippen LogP contribution in [0.25, 0.3) is 16.3 Å². The Kier molecular flexibility index (Phi) is 38.3. The summed E-state index contributed by atoms with van der Waals surface area (Å²) in [5, 5.41) is 5.10. The molecule has 5 aromatic heterocycles. The van der Waals surface area contributed by atoms with E-state index in [1.807, 2.05) is 0 Å². The minimum absolute atomic E-state index is 0.516. The van der Waals surface area contributed by atoms with Gasteiger partial charge in [0.05, 0.1) is 166 Å². The highest BCUT2D eigenvalue weighted by atomic mass is 15.6. The van der Waals surface area contributed by atoms with Crippen molar-refractivity contribution < 1.29 is 40.7 Å². The molecule has 16 heterocycles. The fourth-order valence-corrected chi connectivity index (χ4v) is 29.4. The van der Waals surface area contributed by atoms with Gasteiger partial charge in [-0.2, -0.15) is 4.57 Å². The number of nitrogens with zero attached hydrogens (tertiary/aromatic N) is 15. The predicted molar refractivity (Wildman–Crippen MR) is 584 cm³/mol. The molecule has 12 fully saturated rings. The van der Waals surface area contributed by atoms with Gasteiger partial charge < -0.3 is 22.4 Å². The first kappa shape index (κ1) is 112. The van der Waals surface area contributed by atoms with Crippen molar-refractivity contribution in [1.29, 1.82) is 0 Å². The molecule has 137 heavy (non-hydrogen) atoms. The molecule has 0 radical (unpaired) electrons. The lowest BCUT2D eigenvalue weighted by Crippen LogP contribution is -2.77. The molecule has 14 aliphatic rings. The lowest BCUT2D eigenvalue weighted by Gasteiger charge is -2.66. The smallest absolute Gasteiger partial charge is 0.280 e. The number of hydrogen-bond acceptors (Lipinski definition) is 4. The quantitative estimate of drug-likeness (QED) is 0.0635. The summed E-state index contributed by atoms with van der Waals surface area (Å²) in [5.41, 5.74) is 8.85. The Morgan fingerprint density at radius 3 is 1.40 bits per heavy atom. The Morgan fingerprint density at radius 2 is 0.956 bits per heavy atom. The van der Waals surface area contributed by atoms with Crippen LogP contribution >= 0.6 is 0 Å². The Labute approximate surface area is 844 Å². The van der Waals surface area contributed by atoms with Crippen LogP contribution < -0.4 is 23.3 Å². The number of likely N-dealkylation sites (N-methyl/N-ethyl adjacent to an activating group) is 2. The molecular formula is C122H220N15+9. The highest BCUT2D eigenvalue weighted by molar-refractivity contribution is 5.81. The Morgan fingerprint density at radius 1 is 0.409 bits per heavy atom. The van der Waals surface area contributed by atoms with E-state index in [-0.39, 0.29) is 0 Å². The highest BCUT2D eigenvalue weighted by Crippen LogP contribution is 2.54. The molecule has 0 N–H and O–H groups in total. The number of aromatic nitrogens is 6. The van der Waals surface area contributed by atoms with E-state index in [9.17, 15) is 0 Å². The third-order valence-electron chi connectivity index (χ3n) is 39.4. The molecule has 3 aliphatic carbocycles. The molecule has 10 atom stereocenters. The normalized spacial score (nSPS) is 30.5. The molecule has 15 heteroatoms. The van der Waals surface area contributed by atoms with E-state index in [0.717, 1.165) is 144 Å². The van der Waals surface area contributed by atoms with Crippen LogP contribution in [0.3, 0.4) is 0 Å². The summed E-state index contributed by atoms with van der Waals surface area (Å²) in [7, 11) is 12.4. The summed E-state index contributed by atoms with van der Waals surface area (Å²) in [5.74, 6) is 10.3. The fraction of sp³-hybridized carbons (Fsp3) is 0.803. The molecule has 0 spiro atoms. The molecule has 6 aromatic rings. The monoisotopic (exact) mass is 1900 g/mol. The second-order valence-corrected chi connectivity index (χ2v) is 53.0. The van der Waals surface area contributed by atoms with Crippen LogP contribution in [0.1, 0.15) is 415 Å². The summed E-state index contributed by atoms with van der Waals surface area (Å²) in [6, 6.07) is 34.9. The molecule has 11 aliphatic heterocycles. The number of quaternary nitrogens is 5. The number of pyridine rings is 3. The first-order valence-electron chi connectivity index (χ1n) is 57.6. The highest BCUT2D eigenvalue weighted by Gasteiger charge is 2.65. The van der Waals surface area contributed by atoms with Crippen LogP contribution in [0.15, 0.2) is 92.0 Å². The number of fused-ring (bicyclic) bond motifs is 13. The van der Waals surface area contributed by atoms with Gasteiger partial charge in [0, 0.05) is 148 Å². The first-order valence-corrected chi connectivity index (χ1v) is 57.6. The van der Waals surface area contributed by atoms with E-state index in [1.54, 1.807) is 16.8 Å². The molecule has 10 saturated heterocycles. The third kappa shape index (κ3) is 24.6. The molecule has 20 rings (SSSR count). The number of rotatable bonds is 18. The van der Waals surface area contributed by atoms with Gasteiger partial charge in [-0.15, -0.1) is 4.68 Å². The maximum Gasteiger partial charge on any atom is 0.280 e. The van der Waals surface area contributed by atoms with Gasteiger partial charge in [0.15, 0.2) is 47.6 Å². The van der Waals surface area contributed by atoms with Crippen LogP contribution in [-0.2, 0) is 19.3 Å². The van der Waals surface area contributed by atoms with E-state index < -0.39 is 0 Å². The second-order valence-electron chi connectivity index (χ2n) is 53.0. The van der Waals surface area contributed by atoms with Crippen molar-refractivity contribution in [2.45, 2.75) is 509 Å². The van der Waals surface area contributed by atoms with Crippen molar-refractivity contribution in [1.82, 2.24) is 23.8 Å². The number of benzene rings is 1. The van der Waals surface area contributed by atoms with Crippen molar-refractivity contribution in [2.75, 3.05) is 92.6 Å². The lowest BCUT2D eigenvalue weighted by molar-refractivity contribution is -0.988. The lowest BCUT2D eigenvalue weighted by atomic mass is 9.70. The molecule has 774 valence electrons. The predicted octanol–water partition coefficient (Wildman–Crippen LogP) is 24.5. The van der Waals surface area contributed by atoms with Crippen molar-refractivity contribution in [3.05, 3.63) is 126 Å². The SMILES string of the molecule is CC(C)C1CC2CC1C[N+]2(C)C(C)C.CC(C)C1CC2C[N+](C)(C(C)C)CC2C1.CC(C)N1C2CC3CC1CC(C2)[N+]3(C)C(C)C.CC(C)N1C2CCC1C1CCC2[N+]1(C)C(C)C.CC(C)N1CCCc2n1cc[n+]2C(C)C.CC(C)N1CC[N+](C)(C(C)C)CC1.CC(C)c1cc2ccccc2c[n+]1C(C)C.CC(C)c1cc[n+](C(C)C)c2c1CCC2.CC(C)c1ccc2c[n+](C(C)C)cn2c1. The van der Waals surface area contributed by atoms with E-state index in [4.69, 9.17) is 0 Å². The van der Waals surface area contributed by atoms with Gasteiger partial charge in [0.25, 0.3) is 5.82 Å². The van der Waals surface area contributed by atoms with E-state index in [2.05, 4.69) is 424 Å². The molecule has 2 saturated carbocycles. The van der Waals surface area contributed by atoms with Crippen LogP contribution in [-0.4, -0.2) is 243 Å². The molecule has 10 bridgehead atoms. The maximum atomic E-state index is 2.88. The average molecular weight is 1900 g/mol. The minimum atomic E-state index is 0.516. The molecule has 0 amide bonds. The van der Waals surface area contributed by atoms with Gasteiger partial charge in [-0.1, -0.05) is 93.5 Å². The second kappa shape index (κ2) is 46.7. The van der Waals surface area contributed by atoms with Gasteiger partial charge in [0.1, 0.15) is 24.5 Å². The third-order valence-corrected chi connectivity index (χ3v) is 39.4. The van der Waals surface area contributed by atoms with Crippen LogP contribution in [0.2, 0.25) is 0 Å². The van der Waals surface area contributed by atoms with Gasteiger partial charge in [-0.25, -0.2) is 23.1 Å². The summed E-state index contributed by atoms with van der Waals surface area (Å²) >= 11 is 0. The molecular weight excluding hydrogens is 1680 g/mol. The van der Waals surface area contributed by atoms with Crippen molar-refractivity contribution in [3.8, 4) is 0 Å². The molecule has 1 aromatic carbocycles. The number of imidazole rings is 2. The van der Waals surface area contributed by atoms with Crippen LogP contribution in [0, 0.1) is 41.4 Å². The zero-order valence-corrected chi connectivity index (χ0v) is 97.0. The maximum absolute atomic E-state index is 2.88. The van der Waals surface area contributed by atoms with E-state index >= 15 is 0 Å². The number of likely N-dealkylation sites (tertiary alicyclic amines) is 2. The fourth-order valence-electron chi connectivity index (χ4n) is 29.4. The number of hydrogen-bond donors (Lipinski definition) is 0. The standard InChI is InChI=1S/2C15H29N2.C15H20N.C14H28N.C14H22N.C13H19N2.C13H26N.C12H22N3.C11H25N2/c1-10(2)16-12-6-14-8-13(16)9-15(7-12)17(14,5)11(3)4;1-10(2)16-12-6-7-13(16)15-9-8-14(12)17(15,5)11(3)4;1-11(2)15-9-13-7-5-6-8-14(13)10-16(15)12(3)4;1-10(2)12-6-13-8-15(5,11(3)4)9-14(13)7-12;1-10(2)12-8-9-15(11(3)4)14-7-5-6-13(12)14;1-10(2)12-5-6-13-8-14(11(3)4)9-15(13)7-12;1-9(2)13-7-12-6-11(13)8-14(12,5)10(3)4;1-10(2)13-8-9-15-12(13)6-5-7-14(15)11(3)4;1-10(2)12-6-8-13(5,9-7-12)11(3)4/h2*10-15H,6-9H2,1-5H3;5-12H,1-4H3;10-14H,6-9H2,1-5H3;8-11H,5-7H2,1-4H3;5-11H,1-4H3;9-13H,6-8H2,1-5H3;8-11H,5-7H2,1-4H3;10-11H,6-9H2,1-5H3/q9*+1. The van der Waals surface area contributed by atoms with Crippen molar-refractivity contribution in [2.24, 2.45) is 41.4 Å². The number of piperazine rings is 2. The summed E-state index contributed by atoms with van der Waals surface area (Å²) in [6.45, 7) is 94.5. The Hall–Kier alpha value is -4.84. The van der Waals surface area contributed by atoms with Gasteiger partial charge in [-0.05, 0) is 289 Å². The zero-order chi connectivity index (χ0) is 101. The van der Waals surface area contributed by atoms with Crippen molar-refractivity contribution >= 4 is 16.3 Å². The van der Waals surface area contributed by atoms with Crippen LogP contribution in [0.5, 0.6) is 0 Å². The summed E-state index contributed by atoms with van der Waals surface area (Å²) in [6.07, 6.45) is 39.7. The zero-order valence-electron chi connectivity index (χ0n) is 97.0. The van der Waals surface area contributed by atoms with Crippen molar-refractivity contribution in [3.63, 3.8) is 0 Å². The first-order chi connectivity index (χ1) is 64.1. The van der Waals surface area contributed by atoms with E-state index in [1.165, 1.54) is 217 Å². The van der Waals surface area contributed by atoms with Gasteiger partial charge in [-0.3, -0.25) is 14.7 Å². The summed E-state index contributed by atoms with van der Waals surface area (Å²) in [4.78, 5) is 8.31. The minimum Gasteiger partial charge on any atom is -0.324 e. The largest absolute Gasteiger partial charge is 0.324 e. The Bertz CT molecular complexity index is 4570. The topological polar surface area (TPSA) is 37.8 Å².